The van der Waals surface area contributed by atoms with Gasteiger partial charge in [-0.1, -0.05) is 36.4 Å². The van der Waals surface area contributed by atoms with Gasteiger partial charge in [-0.3, -0.25) is 0 Å². The molecule has 37 valence electrons. The summed E-state index contributed by atoms with van der Waals surface area (Å²) in [5.74, 6) is 0. The van der Waals surface area contributed by atoms with E-state index in [-0.39, 0.29) is 0 Å². The van der Waals surface area contributed by atoms with Crippen LogP contribution < -0.4 is 0 Å². The Kier molecular flexibility index (Phi) is 4.38. The Bertz CT molecular complexity index is 23.1. The van der Waals surface area contributed by atoms with Gasteiger partial charge in [-0.25, -0.2) is 0 Å². The van der Waals surface area contributed by atoms with Gasteiger partial charge in [0.05, 0.1) is 0 Å². The van der Waals surface area contributed by atoms with Crippen LogP contribution in [0.2, 0.25) is 0 Å². The Morgan fingerprint density at radius 2 is 1.67 bits per heavy atom. The molecule has 0 aromatic rings. The zero-order valence-electron chi connectivity index (χ0n) is 4.29. The fourth-order valence-corrected chi connectivity index (χ4v) is 0.250. The van der Waals surface area contributed by atoms with Crippen molar-refractivity contribution in [2.75, 3.05) is 0 Å². The molecule has 0 saturated heterocycles. The molecule has 0 N–H and O–H groups in total. The maximum Gasteiger partial charge on any atom is 0.0362 e. The summed E-state index contributed by atoms with van der Waals surface area (Å²) in [6, 6.07) is 0. The lowest BCUT2D eigenvalue weighted by molar-refractivity contribution is 0.954. The van der Waals surface area contributed by atoms with Crippen LogP contribution in [0.25, 0.3) is 0 Å². The van der Waals surface area contributed by atoms with Gasteiger partial charge in [0.2, 0.25) is 0 Å². The highest BCUT2D eigenvalue weighted by molar-refractivity contribution is 14.1. The Balaban J connectivity index is 2.75. The van der Waals surface area contributed by atoms with Crippen LogP contribution in [0, 0.1) is 3.92 Å². The third kappa shape index (κ3) is 2.94. The molecule has 0 nitrogen and oxygen atoms in total. The topological polar surface area (TPSA) is 0 Å². The molecular weight excluding hydrogens is 187 g/mol. The van der Waals surface area contributed by atoms with Crippen molar-refractivity contribution in [1.29, 1.82) is 0 Å². The molecule has 0 amide bonds. The second kappa shape index (κ2) is 3.90. The fraction of sp³-hybridized carbons (Fsp3) is 0.800. The second-order valence-electron chi connectivity index (χ2n) is 1.22. The van der Waals surface area contributed by atoms with Crippen molar-refractivity contribution in [3.8, 4) is 0 Å². The number of halogens is 1. The summed E-state index contributed by atoms with van der Waals surface area (Å²) in [6.45, 7) is 4.37. The van der Waals surface area contributed by atoms with Crippen LogP contribution in [-0.4, -0.2) is 0 Å². The van der Waals surface area contributed by atoms with Gasteiger partial charge in [-0.2, -0.15) is 0 Å². The van der Waals surface area contributed by atoms with Gasteiger partial charge in [-0.05, 0) is 12.8 Å². The summed E-state index contributed by atoms with van der Waals surface area (Å²) in [6.07, 6.45) is 2.47. The molecule has 1 radical (unpaired) electrons. The van der Waals surface area contributed by atoms with Crippen molar-refractivity contribution >= 4 is 22.6 Å². The van der Waals surface area contributed by atoms with Crippen molar-refractivity contribution in [3.05, 3.63) is 3.92 Å². The number of rotatable bonds is 2. The Labute approximate surface area is 53.5 Å². The highest BCUT2D eigenvalue weighted by Crippen LogP contribution is 2.17. The maximum absolute atomic E-state index is 2.39. The highest BCUT2D eigenvalue weighted by Gasteiger charge is 1.92. The molecule has 0 heterocycles. The van der Waals surface area contributed by atoms with Crippen molar-refractivity contribution in [2.24, 2.45) is 0 Å². The van der Waals surface area contributed by atoms with E-state index in [1.165, 1.54) is 12.8 Å². The molecule has 0 atom stereocenters. The van der Waals surface area contributed by atoms with E-state index in [0.717, 1.165) is 0 Å². The molecule has 6 heavy (non-hydrogen) atoms. The summed E-state index contributed by atoms with van der Waals surface area (Å²) >= 11 is 2.39. The van der Waals surface area contributed by atoms with Gasteiger partial charge in [0.15, 0.2) is 0 Å². The molecule has 0 bridgehead atoms. The highest BCUT2D eigenvalue weighted by atomic mass is 127. The Hall–Kier alpha value is 0.730. The van der Waals surface area contributed by atoms with Gasteiger partial charge in [0, 0.05) is 3.92 Å². The van der Waals surface area contributed by atoms with E-state index in [1.807, 2.05) is 0 Å². The standard InChI is InChI=1S/C5H10I/c1-3-5(6)4-2/h3-4H2,1-2H3. The molecule has 0 fully saturated rings. The van der Waals surface area contributed by atoms with Gasteiger partial charge in [0.1, 0.15) is 0 Å². The lowest BCUT2D eigenvalue weighted by Crippen LogP contribution is -1.75. The molecule has 1 heteroatoms. The molecular formula is C5H10I. The van der Waals surface area contributed by atoms with E-state index in [9.17, 15) is 0 Å². The van der Waals surface area contributed by atoms with E-state index in [0.29, 0.717) is 0 Å². The SMILES string of the molecule is CC[C](I)CC. The zero-order chi connectivity index (χ0) is 4.99. The third-order valence-corrected chi connectivity index (χ3v) is 2.29. The minimum absolute atomic E-state index is 1.23. The van der Waals surface area contributed by atoms with Crippen LogP contribution in [0.15, 0.2) is 0 Å². The predicted octanol–water partition coefficient (Wildman–Crippen LogP) is 2.77. The second-order valence-corrected chi connectivity index (χ2v) is 2.75. The van der Waals surface area contributed by atoms with Crippen LogP contribution in [0.5, 0.6) is 0 Å². The Morgan fingerprint density at radius 1 is 1.33 bits per heavy atom. The third-order valence-electron chi connectivity index (χ3n) is 0.767. The molecule has 0 saturated carbocycles. The van der Waals surface area contributed by atoms with Crippen LogP contribution >= 0.6 is 22.6 Å². The van der Waals surface area contributed by atoms with E-state index >= 15 is 0 Å². The fourth-order valence-electron chi connectivity index (χ4n) is 0.250. The quantitative estimate of drug-likeness (QED) is 0.597. The first-order chi connectivity index (χ1) is 2.81. The summed E-state index contributed by atoms with van der Waals surface area (Å²) in [7, 11) is 0. The average Bonchev–Trinajstić information content (AvgIpc) is 1.65. The smallest absolute Gasteiger partial charge is 0.0362 e. The van der Waals surface area contributed by atoms with Crippen LogP contribution in [0.3, 0.4) is 0 Å². The Morgan fingerprint density at radius 3 is 1.67 bits per heavy atom. The van der Waals surface area contributed by atoms with E-state index in [1.54, 1.807) is 3.92 Å². The predicted molar refractivity (Wildman–Crippen MR) is 37.8 cm³/mol. The molecule has 0 aromatic carbocycles. The summed E-state index contributed by atoms with van der Waals surface area (Å²) < 4.78 is 1.56. The van der Waals surface area contributed by atoms with Crippen LogP contribution in [0.1, 0.15) is 26.7 Å². The minimum atomic E-state index is 1.23. The number of hydrogen-bond acceptors (Lipinski definition) is 0. The average molecular weight is 197 g/mol. The summed E-state index contributed by atoms with van der Waals surface area (Å²) in [5.41, 5.74) is 0. The van der Waals surface area contributed by atoms with Gasteiger partial charge in [0.25, 0.3) is 0 Å². The summed E-state index contributed by atoms with van der Waals surface area (Å²) in [4.78, 5) is 0. The van der Waals surface area contributed by atoms with Crippen LogP contribution in [0.4, 0.5) is 0 Å². The first-order valence-corrected chi connectivity index (χ1v) is 3.39. The number of hydrogen-bond donors (Lipinski definition) is 0. The lowest BCUT2D eigenvalue weighted by Gasteiger charge is -1.95. The minimum Gasteiger partial charge on any atom is -0.0774 e. The first kappa shape index (κ1) is 6.73. The molecule has 0 spiro atoms. The molecule has 0 rings (SSSR count). The maximum atomic E-state index is 2.39. The lowest BCUT2D eigenvalue weighted by atomic mass is 10.3. The van der Waals surface area contributed by atoms with Gasteiger partial charge in [-0.15, -0.1) is 0 Å². The largest absolute Gasteiger partial charge is 0.0774 e. The van der Waals surface area contributed by atoms with Crippen LogP contribution in [-0.2, 0) is 0 Å². The van der Waals surface area contributed by atoms with Crippen molar-refractivity contribution in [2.45, 2.75) is 26.7 Å². The molecule has 0 aliphatic carbocycles. The molecule has 0 aliphatic rings. The first-order valence-electron chi connectivity index (χ1n) is 2.31. The van der Waals surface area contributed by atoms with Gasteiger partial charge >= 0.3 is 0 Å². The van der Waals surface area contributed by atoms with Crippen molar-refractivity contribution < 1.29 is 0 Å². The summed E-state index contributed by atoms with van der Waals surface area (Å²) in [5, 5.41) is 0. The monoisotopic (exact) mass is 197 g/mol. The van der Waals surface area contributed by atoms with E-state index in [4.69, 9.17) is 0 Å². The normalized spacial score (nSPS) is 10.0. The van der Waals surface area contributed by atoms with Crippen molar-refractivity contribution in [3.63, 3.8) is 0 Å². The van der Waals surface area contributed by atoms with E-state index < -0.39 is 0 Å². The zero-order valence-corrected chi connectivity index (χ0v) is 6.45. The van der Waals surface area contributed by atoms with E-state index in [2.05, 4.69) is 36.4 Å². The van der Waals surface area contributed by atoms with Gasteiger partial charge < -0.3 is 0 Å². The molecule has 0 aliphatic heterocycles. The molecule has 0 aromatic heterocycles. The molecule has 0 unspecified atom stereocenters. The van der Waals surface area contributed by atoms with Crippen molar-refractivity contribution in [1.82, 2.24) is 0 Å².